The molecule has 0 unspecified atom stereocenters. The fourth-order valence-corrected chi connectivity index (χ4v) is 3.06. The molecule has 1 aromatic carbocycles. The Morgan fingerprint density at radius 1 is 1.26 bits per heavy atom. The van der Waals surface area contributed by atoms with E-state index in [1.807, 2.05) is 0 Å². The van der Waals surface area contributed by atoms with Crippen molar-refractivity contribution in [2.75, 3.05) is 16.4 Å². The van der Waals surface area contributed by atoms with Gasteiger partial charge >= 0.3 is 6.18 Å². The number of nitrogens with two attached hydrogens (primary N) is 1. The van der Waals surface area contributed by atoms with E-state index in [2.05, 4.69) is 30.8 Å². The summed E-state index contributed by atoms with van der Waals surface area (Å²) in [5.41, 5.74) is 5.80. The van der Waals surface area contributed by atoms with Gasteiger partial charge in [0.2, 0.25) is 5.95 Å². The van der Waals surface area contributed by atoms with Gasteiger partial charge in [0.05, 0.1) is 11.8 Å². The molecule has 2 aromatic heterocycles. The monoisotopic (exact) mass is 434 g/mol. The highest BCUT2D eigenvalue weighted by Gasteiger charge is 2.32. The highest BCUT2D eigenvalue weighted by Crippen LogP contribution is 2.39. The summed E-state index contributed by atoms with van der Waals surface area (Å²) in [6.45, 7) is -0.155. The van der Waals surface area contributed by atoms with Crippen LogP contribution < -0.4 is 16.4 Å². The lowest BCUT2D eigenvalue weighted by Gasteiger charge is -2.15. The van der Waals surface area contributed by atoms with Crippen molar-refractivity contribution in [3.63, 3.8) is 0 Å². The third-order valence-electron chi connectivity index (χ3n) is 4.81. The molecule has 0 bridgehead atoms. The van der Waals surface area contributed by atoms with Crippen LogP contribution in [0.25, 0.3) is 0 Å². The van der Waals surface area contributed by atoms with Crippen molar-refractivity contribution in [1.82, 2.24) is 20.2 Å². The molecule has 0 radical (unpaired) electrons. The summed E-state index contributed by atoms with van der Waals surface area (Å²) in [4.78, 5) is 7.84. The SMILES string of the molecule is N=Cc1c(N)cc(C(F)(F)F)cc1CNc1ncc(F)c(Nc2cc(C3CC3)[nH]n2)n1. The molecular formula is C19H18F4N8. The third-order valence-corrected chi connectivity index (χ3v) is 4.81. The summed E-state index contributed by atoms with van der Waals surface area (Å²) in [7, 11) is 0. The maximum absolute atomic E-state index is 14.1. The quantitative estimate of drug-likeness (QED) is 0.216. The largest absolute Gasteiger partial charge is 0.416 e. The van der Waals surface area contributed by atoms with Crippen LogP contribution in [0.15, 0.2) is 24.4 Å². The molecule has 6 N–H and O–H groups in total. The number of alkyl halides is 3. The van der Waals surface area contributed by atoms with E-state index in [4.69, 9.17) is 11.1 Å². The Morgan fingerprint density at radius 3 is 2.71 bits per heavy atom. The van der Waals surface area contributed by atoms with Gasteiger partial charge in [-0.25, -0.2) is 9.37 Å². The number of anilines is 4. The number of hydrogen-bond acceptors (Lipinski definition) is 7. The van der Waals surface area contributed by atoms with Crippen molar-refractivity contribution in [1.29, 1.82) is 5.41 Å². The van der Waals surface area contributed by atoms with Gasteiger partial charge in [-0.15, -0.1) is 0 Å². The van der Waals surface area contributed by atoms with Crippen LogP contribution in [0.5, 0.6) is 0 Å². The zero-order chi connectivity index (χ0) is 22.2. The third kappa shape index (κ3) is 4.57. The van der Waals surface area contributed by atoms with Crippen LogP contribution >= 0.6 is 0 Å². The van der Waals surface area contributed by atoms with E-state index in [1.54, 1.807) is 6.07 Å². The Hall–Kier alpha value is -3.70. The smallest absolute Gasteiger partial charge is 0.398 e. The Labute approximate surface area is 173 Å². The van der Waals surface area contributed by atoms with E-state index in [-0.39, 0.29) is 35.1 Å². The highest BCUT2D eigenvalue weighted by atomic mass is 19.4. The number of benzene rings is 1. The minimum absolute atomic E-state index is 0.0197. The molecule has 3 aromatic rings. The Bertz CT molecular complexity index is 1120. The van der Waals surface area contributed by atoms with Crippen molar-refractivity contribution in [2.24, 2.45) is 0 Å². The first-order chi connectivity index (χ1) is 14.7. The van der Waals surface area contributed by atoms with Gasteiger partial charge in [0.1, 0.15) is 0 Å². The van der Waals surface area contributed by atoms with Gasteiger partial charge in [0.25, 0.3) is 0 Å². The number of halogens is 4. The number of H-pyrrole nitrogens is 1. The summed E-state index contributed by atoms with van der Waals surface area (Å²) in [6.07, 6.45) is -0.620. The molecule has 31 heavy (non-hydrogen) atoms. The number of hydrogen-bond donors (Lipinski definition) is 5. The molecule has 2 heterocycles. The first-order valence-electron chi connectivity index (χ1n) is 9.33. The molecule has 0 spiro atoms. The molecule has 0 atom stereocenters. The number of rotatable bonds is 7. The van der Waals surface area contributed by atoms with E-state index in [0.717, 1.165) is 43.1 Å². The second kappa shape index (κ2) is 7.85. The van der Waals surface area contributed by atoms with E-state index >= 15 is 0 Å². The first-order valence-corrected chi connectivity index (χ1v) is 9.33. The minimum atomic E-state index is -4.59. The second-order valence-electron chi connectivity index (χ2n) is 7.13. The molecule has 1 fully saturated rings. The number of nitrogens with one attached hydrogen (secondary N) is 4. The molecule has 1 aliphatic carbocycles. The van der Waals surface area contributed by atoms with E-state index in [0.29, 0.717) is 11.7 Å². The number of nitrogen functional groups attached to an aromatic ring is 1. The van der Waals surface area contributed by atoms with E-state index in [9.17, 15) is 17.6 Å². The minimum Gasteiger partial charge on any atom is -0.398 e. The second-order valence-corrected chi connectivity index (χ2v) is 7.13. The van der Waals surface area contributed by atoms with Crippen LogP contribution in [-0.4, -0.2) is 26.4 Å². The van der Waals surface area contributed by atoms with Crippen molar-refractivity contribution in [3.8, 4) is 0 Å². The predicted molar refractivity (Wildman–Crippen MR) is 107 cm³/mol. The van der Waals surface area contributed by atoms with Gasteiger partial charge in [-0.3, -0.25) is 5.10 Å². The molecule has 1 aliphatic rings. The van der Waals surface area contributed by atoms with Gasteiger partial charge < -0.3 is 21.8 Å². The number of aromatic nitrogens is 4. The van der Waals surface area contributed by atoms with Crippen molar-refractivity contribution in [3.05, 3.63) is 52.6 Å². The van der Waals surface area contributed by atoms with Crippen LogP contribution in [0.2, 0.25) is 0 Å². The van der Waals surface area contributed by atoms with Gasteiger partial charge in [-0.1, -0.05) is 0 Å². The molecule has 0 saturated heterocycles. The summed E-state index contributed by atoms with van der Waals surface area (Å²) in [6, 6.07) is 3.45. The molecule has 1 saturated carbocycles. The van der Waals surface area contributed by atoms with Gasteiger partial charge in [0.15, 0.2) is 17.5 Å². The van der Waals surface area contributed by atoms with E-state index < -0.39 is 17.6 Å². The zero-order valence-corrected chi connectivity index (χ0v) is 16.0. The standard InChI is InChI=1S/C19H18F4N8/c20-13-8-27-18(29-17(13)28-16-5-15(30-31-16)9-1-2-9)26-7-10-3-11(19(21,22)23)4-14(25)12(10)6-24/h3-6,8-9,24H,1-2,7,25H2,(H3,26,27,28,29,30,31). The van der Waals surface area contributed by atoms with Crippen LogP contribution in [0.3, 0.4) is 0 Å². The topological polar surface area (TPSA) is 128 Å². The lowest BCUT2D eigenvalue weighted by Crippen LogP contribution is -2.13. The van der Waals surface area contributed by atoms with Crippen LogP contribution in [0.4, 0.5) is 40.8 Å². The van der Waals surface area contributed by atoms with Gasteiger partial charge in [-0.2, -0.15) is 23.3 Å². The number of aromatic amines is 1. The molecule has 0 amide bonds. The molecule has 12 heteroatoms. The highest BCUT2D eigenvalue weighted by molar-refractivity contribution is 5.87. The zero-order valence-electron chi connectivity index (χ0n) is 16.0. The van der Waals surface area contributed by atoms with Crippen molar-refractivity contribution >= 4 is 29.5 Å². The Kier molecular flexibility index (Phi) is 5.21. The maximum atomic E-state index is 14.1. The lowest BCUT2D eigenvalue weighted by atomic mass is 10.0. The van der Waals surface area contributed by atoms with Gasteiger partial charge in [-0.05, 0) is 30.5 Å². The lowest BCUT2D eigenvalue weighted by molar-refractivity contribution is -0.137. The fourth-order valence-electron chi connectivity index (χ4n) is 3.06. The maximum Gasteiger partial charge on any atom is 0.416 e. The summed E-state index contributed by atoms with van der Waals surface area (Å²) >= 11 is 0. The fraction of sp³-hybridized carbons (Fsp3) is 0.263. The average molecular weight is 434 g/mol. The predicted octanol–water partition coefficient (Wildman–Crippen LogP) is 4.17. The molecule has 8 nitrogen and oxygen atoms in total. The van der Waals surface area contributed by atoms with Crippen LogP contribution in [-0.2, 0) is 12.7 Å². The normalized spacial score (nSPS) is 13.8. The first kappa shape index (κ1) is 20.6. The summed E-state index contributed by atoms with van der Waals surface area (Å²) in [5, 5.41) is 19.9. The Morgan fingerprint density at radius 2 is 2.03 bits per heavy atom. The molecule has 162 valence electrons. The van der Waals surface area contributed by atoms with E-state index in [1.165, 1.54) is 0 Å². The molecule has 4 rings (SSSR count). The molecular weight excluding hydrogens is 416 g/mol. The summed E-state index contributed by atoms with van der Waals surface area (Å²) < 4.78 is 53.4. The van der Waals surface area contributed by atoms with Crippen molar-refractivity contribution in [2.45, 2.75) is 31.5 Å². The average Bonchev–Trinajstić information content (AvgIpc) is 3.46. The van der Waals surface area contributed by atoms with Crippen molar-refractivity contribution < 1.29 is 17.6 Å². The Balaban J connectivity index is 1.53. The molecule has 0 aliphatic heterocycles. The number of nitrogens with zero attached hydrogens (tertiary/aromatic N) is 3. The van der Waals surface area contributed by atoms with Crippen LogP contribution in [0.1, 0.15) is 41.1 Å². The summed E-state index contributed by atoms with van der Waals surface area (Å²) in [5.74, 6) is -0.0402. The van der Waals surface area contributed by atoms with Crippen LogP contribution in [0, 0.1) is 11.2 Å². The van der Waals surface area contributed by atoms with Gasteiger partial charge in [0, 0.05) is 41.7 Å².